The molecular weight excluding hydrogens is 501 g/mol. The fourth-order valence-electron chi connectivity index (χ4n) is 3.07. The zero-order valence-corrected chi connectivity index (χ0v) is 19.6. The Morgan fingerprint density at radius 1 is 1.00 bits per heavy atom. The van der Waals surface area contributed by atoms with Crippen LogP contribution in [0.15, 0.2) is 82.2 Å². The van der Waals surface area contributed by atoms with Crippen molar-refractivity contribution in [2.75, 3.05) is 6.26 Å². The normalized spacial score (nSPS) is 11.5. The van der Waals surface area contributed by atoms with Crippen molar-refractivity contribution >= 4 is 37.1 Å². The Balaban J connectivity index is 1.78. The van der Waals surface area contributed by atoms with Gasteiger partial charge in [-0.25, -0.2) is 17.8 Å². The Morgan fingerprint density at radius 2 is 1.68 bits per heavy atom. The summed E-state index contributed by atoms with van der Waals surface area (Å²) in [6.45, 7) is 0.224. The van der Waals surface area contributed by atoms with E-state index in [2.05, 4.69) is 15.9 Å². The first-order valence-corrected chi connectivity index (χ1v) is 12.7. The van der Waals surface area contributed by atoms with Crippen LogP contribution in [0.4, 0.5) is 4.39 Å². The summed E-state index contributed by atoms with van der Waals surface area (Å²) in [6.07, 6.45) is 1.17. The minimum Gasteiger partial charge on any atom is -0.486 e. The molecule has 0 unspecified atom stereocenters. The maximum atomic E-state index is 13.5. The highest BCUT2D eigenvalue weighted by Crippen LogP contribution is 2.39. The largest absolute Gasteiger partial charge is 0.486 e. The van der Waals surface area contributed by atoms with Crippen molar-refractivity contribution in [1.82, 2.24) is 4.98 Å². The van der Waals surface area contributed by atoms with Gasteiger partial charge in [0, 0.05) is 16.3 Å². The minimum absolute atomic E-state index is 0.198. The SMILES string of the molecule is CS(=O)(=O)c1ccccc1-c1nc(COc2ccc(Br)cc2)sc1-c1ccc(F)cc1. The molecule has 0 spiro atoms. The number of hydrogen-bond donors (Lipinski definition) is 0. The first-order valence-electron chi connectivity index (χ1n) is 9.25. The predicted molar refractivity (Wildman–Crippen MR) is 125 cm³/mol. The van der Waals surface area contributed by atoms with Crippen molar-refractivity contribution in [2.45, 2.75) is 11.5 Å². The highest BCUT2D eigenvalue weighted by molar-refractivity contribution is 9.10. The number of benzene rings is 3. The van der Waals surface area contributed by atoms with Crippen LogP contribution in [0.5, 0.6) is 5.75 Å². The summed E-state index contributed by atoms with van der Waals surface area (Å²) in [5.41, 5.74) is 1.80. The topological polar surface area (TPSA) is 56.3 Å². The molecule has 0 saturated heterocycles. The second-order valence-electron chi connectivity index (χ2n) is 6.80. The third-order valence-corrected chi connectivity index (χ3v) is 7.26. The standard InChI is InChI=1S/C23H17BrFNO3S2/c1-31(27,28)20-5-3-2-4-19(20)22-23(15-6-10-17(25)11-7-15)30-21(26-22)14-29-18-12-8-16(24)9-13-18/h2-13H,14H2,1H3. The van der Waals surface area contributed by atoms with E-state index in [-0.39, 0.29) is 17.3 Å². The molecule has 3 aromatic carbocycles. The van der Waals surface area contributed by atoms with E-state index in [1.165, 1.54) is 29.7 Å². The number of nitrogens with zero attached hydrogens (tertiary/aromatic N) is 1. The van der Waals surface area contributed by atoms with Gasteiger partial charge in [-0.2, -0.15) is 0 Å². The molecule has 0 aliphatic heterocycles. The molecule has 4 rings (SSSR count). The van der Waals surface area contributed by atoms with Crippen LogP contribution in [0.25, 0.3) is 21.7 Å². The molecule has 31 heavy (non-hydrogen) atoms. The van der Waals surface area contributed by atoms with Crippen molar-refractivity contribution in [2.24, 2.45) is 0 Å². The Bertz CT molecular complexity index is 1320. The second-order valence-corrected chi connectivity index (χ2v) is 10.8. The van der Waals surface area contributed by atoms with E-state index in [0.29, 0.717) is 22.0 Å². The predicted octanol–water partition coefficient (Wildman–Crippen LogP) is 6.36. The Kier molecular flexibility index (Phi) is 6.22. The summed E-state index contributed by atoms with van der Waals surface area (Å²) in [5, 5.41) is 0.681. The maximum Gasteiger partial charge on any atom is 0.176 e. The number of aromatic nitrogens is 1. The molecule has 1 heterocycles. The van der Waals surface area contributed by atoms with Gasteiger partial charge in [-0.3, -0.25) is 0 Å². The fraction of sp³-hybridized carbons (Fsp3) is 0.0870. The summed E-state index contributed by atoms with van der Waals surface area (Å²) in [4.78, 5) is 5.67. The Hall–Kier alpha value is -2.55. The number of thiazole rings is 1. The van der Waals surface area contributed by atoms with E-state index in [1.54, 1.807) is 36.4 Å². The molecule has 4 nitrogen and oxygen atoms in total. The molecule has 1 aromatic heterocycles. The number of hydrogen-bond acceptors (Lipinski definition) is 5. The van der Waals surface area contributed by atoms with Gasteiger partial charge < -0.3 is 4.74 Å². The van der Waals surface area contributed by atoms with E-state index in [4.69, 9.17) is 9.72 Å². The molecule has 158 valence electrons. The molecule has 0 aliphatic rings. The minimum atomic E-state index is -3.47. The first kappa shape index (κ1) is 21.7. The Labute approximate surface area is 192 Å². The average Bonchev–Trinajstić information content (AvgIpc) is 3.17. The zero-order valence-electron chi connectivity index (χ0n) is 16.4. The number of halogens is 2. The molecule has 0 bridgehead atoms. The van der Waals surface area contributed by atoms with Crippen LogP contribution in [-0.2, 0) is 16.4 Å². The van der Waals surface area contributed by atoms with Crippen LogP contribution >= 0.6 is 27.3 Å². The summed E-state index contributed by atoms with van der Waals surface area (Å²) in [5.74, 6) is 0.352. The number of rotatable bonds is 6. The maximum absolute atomic E-state index is 13.5. The highest BCUT2D eigenvalue weighted by atomic mass is 79.9. The summed E-state index contributed by atoms with van der Waals surface area (Å²) < 4.78 is 45.0. The van der Waals surface area contributed by atoms with Crippen LogP contribution in [0.1, 0.15) is 5.01 Å². The third-order valence-electron chi connectivity index (χ3n) is 4.50. The van der Waals surface area contributed by atoms with E-state index in [0.717, 1.165) is 14.9 Å². The second kappa shape index (κ2) is 8.90. The molecule has 0 aliphatic carbocycles. The van der Waals surface area contributed by atoms with E-state index >= 15 is 0 Å². The van der Waals surface area contributed by atoms with Gasteiger partial charge in [0.1, 0.15) is 23.2 Å². The quantitative estimate of drug-likeness (QED) is 0.298. The highest BCUT2D eigenvalue weighted by Gasteiger charge is 2.21. The van der Waals surface area contributed by atoms with Crippen LogP contribution in [-0.4, -0.2) is 19.7 Å². The molecule has 0 radical (unpaired) electrons. The molecule has 8 heteroatoms. The number of ether oxygens (including phenoxy) is 1. The summed E-state index contributed by atoms with van der Waals surface area (Å²) in [6, 6.07) is 20.3. The lowest BCUT2D eigenvalue weighted by Gasteiger charge is -2.08. The smallest absolute Gasteiger partial charge is 0.176 e. The molecule has 0 N–H and O–H groups in total. The van der Waals surface area contributed by atoms with Gasteiger partial charge >= 0.3 is 0 Å². The van der Waals surface area contributed by atoms with Crippen molar-refractivity contribution in [3.05, 3.63) is 88.1 Å². The van der Waals surface area contributed by atoms with E-state index in [9.17, 15) is 12.8 Å². The Morgan fingerprint density at radius 3 is 2.35 bits per heavy atom. The van der Waals surface area contributed by atoms with E-state index < -0.39 is 9.84 Å². The van der Waals surface area contributed by atoms with Gasteiger partial charge in [-0.1, -0.05) is 46.3 Å². The first-order chi connectivity index (χ1) is 14.8. The molecule has 4 aromatic rings. The average molecular weight is 518 g/mol. The molecular formula is C23H17BrFNO3S2. The molecule has 0 atom stereocenters. The van der Waals surface area contributed by atoms with Crippen LogP contribution in [0, 0.1) is 5.82 Å². The lowest BCUT2D eigenvalue weighted by atomic mass is 10.1. The van der Waals surface area contributed by atoms with Gasteiger partial charge in [0.15, 0.2) is 9.84 Å². The van der Waals surface area contributed by atoms with Crippen LogP contribution in [0.3, 0.4) is 0 Å². The van der Waals surface area contributed by atoms with Crippen LogP contribution in [0.2, 0.25) is 0 Å². The van der Waals surface area contributed by atoms with Crippen molar-refractivity contribution < 1.29 is 17.5 Å². The summed E-state index contributed by atoms with van der Waals surface area (Å²) in [7, 11) is -3.47. The summed E-state index contributed by atoms with van der Waals surface area (Å²) >= 11 is 4.78. The van der Waals surface area contributed by atoms with Crippen molar-refractivity contribution in [3.8, 4) is 27.4 Å². The monoisotopic (exact) mass is 517 g/mol. The zero-order chi connectivity index (χ0) is 22.0. The lowest BCUT2D eigenvalue weighted by molar-refractivity contribution is 0.305. The third kappa shape index (κ3) is 5.03. The van der Waals surface area contributed by atoms with Crippen LogP contribution < -0.4 is 4.74 Å². The van der Waals surface area contributed by atoms with Gasteiger partial charge in [0.05, 0.1) is 15.5 Å². The molecule has 0 amide bonds. The van der Waals surface area contributed by atoms with Gasteiger partial charge in [0.25, 0.3) is 0 Å². The van der Waals surface area contributed by atoms with Gasteiger partial charge in [-0.05, 0) is 48.0 Å². The van der Waals surface area contributed by atoms with Crippen molar-refractivity contribution in [3.63, 3.8) is 0 Å². The van der Waals surface area contributed by atoms with E-state index in [1.807, 2.05) is 24.3 Å². The number of sulfone groups is 1. The molecule has 0 saturated carbocycles. The van der Waals surface area contributed by atoms with Gasteiger partial charge in [-0.15, -0.1) is 11.3 Å². The molecule has 0 fully saturated rings. The fourth-order valence-corrected chi connectivity index (χ4v) is 5.22. The van der Waals surface area contributed by atoms with Gasteiger partial charge in [0.2, 0.25) is 0 Å². The lowest BCUT2D eigenvalue weighted by Crippen LogP contribution is -2.00. The van der Waals surface area contributed by atoms with Crippen molar-refractivity contribution in [1.29, 1.82) is 0 Å².